The Labute approximate surface area is 107 Å². The molecule has 1 fully saturated rings. The predicted octanol–water partition coefficient (Wildman–Crippen LogP) is 4.15. The second-order valence-electron chi connectivity index (χ2n) is 4.42. The fraction of sp³-hybridized carbons (Fsp3) is 0.692. The maximum atomic E-state index is 3.69. The minimum absolute atomic E-state index is 0.820. The van der Waals surface area contributed by atoms with Gasteiger partial charge in [-0.1, -0.05) is 25.3 Å². The van der Waals surface area contributed by atoms with Gasteiger partial charge in [0.2, 0.25) is 0 Å². The smallest absolute Gasteiger partial charge is 0.0598 e. The molecule has 3 heteroatoms. The summed E-state index contributed by atoms with van der Waals surface area (Å²) in [5, 5.41) is 5.85. The van der Waals surface area contributed by atoms with E-state index in [1.54, 1.807) is 0 Å². The first kappa shape index (κ1) is 12.5. The van der Waals surface area contributed by atoms with Gasteiger partial charge in [-0.3, -0.25) is 0 Å². The van der Waals surface area contributed by atoms with Crippen molar-refractivity contribution >= 4 is 23.1 Å². The third-order valence-electron chi connectivity index (χ3n) is 3.10. The van der Waals surface area contributed by atoms with Gasteiger partial charge in [0.1, 0.15) is 0 Å². The SMILES string of the molecule is c1csc(SCCCNC2CCCCC2)c1. The van der Waals surface area contributed by atoms with Gasteiger partial charge in [0.15, 0.2) is 0 Å². The fourth-order valence-electron chi connectivity index (χ4n) is 2.20. The Hall–Kier alpha value is 0.01000. The topological polar surface area (TPSA) is 12.0 Å². The molecule has 0 unspecified atom stereocenters. The van der Waals surface area contributed by atoms with E-state index in [1.165, 1.54) is 55.0 Å². The number of thioether (sulfide) groups is 1. The summed E-state index contributed by atoms with van der Waals surface area (Å²) in [5.74, 6) is 1.25. The number of thiophene rings is 1. The van der Waals surface area contributed by atoms with Crippen molar-refractivity contribution in [1.29, 1.82) is 0 Å². The van der Waals surface area contributed by atoms with Crippen LogP contribution in [0.4, 0.5) is 0 Å². The van der Waals surface area contributed by atoms with Crippen LogP contribution in [-0.2, 0) is 0 Å². The summed E-state index contributed by atoms with van der Waals surface area (Å²) in [6.07, 6.45) is 8.41. The highest BCUT2D eigenvalue weighted by molar-refractivity contribution is 8.01. The molecular formula is C13H21NS2. The Morgan fingerprint density at radius 3 is 2.94 bits per heavy atom. The van der Waals surface area contributed by atoms with Crippen molar-refractivity contribution < 1.29 is 0 Å². The van der Waals surface area contributed by atoms with Crippen molar-refractivity contribution in [3.63, 3.8) is 0 Å². The summed E-state index contributed by atoms with van der Waals surface area (Å²) < 4.78 is 1.46. The Morgan fingerprint density at radius 2 is 2.19 bits per heavy atom. The van der Waals surface area contributed by atoms with Crippen LogP contribution in [0.25, 0.3) is 0 Å². The minimum Gasteiger partial charge on any atom is -0.314 e. The molecule has 90 valence electrons. The van der Waals surface area contributed by atoms with E-state index in [0.29, 0.717) is 0 Å². The molecule has 0 atom stereocenters. The van der Waals surface area contributed by atoms with Gasteiger partial charge in [0.05, 0.1) is 4.21 Å². The minimum atomic E-state index is 0.820. The van der Waals surface area contributed by atoms with Crippen LogP contribution in [0.15, 0.2) is 21.7 Å². The highest BCUT2D eigenvalue weighted by Crippen LogP contribution is 2.23. The first-order valence-corrected chi connectivity index (χ1v) is 8.21. The molecule has 0 aromatic carbocycles. The van der Waals surface area contributed by atoms with E-state index in [2.05, 4.69) is 22.8 Å². The third-order valence-corrected chi connectivity index (χ3v) is 5.32. The number of hydrogen-bond donors (Lipinski definition) is 1. The summed E-state index contributed by atoms with van der Waals surface area (Å²) in [4.78, 5) is 0. The third kappa shape index (κ3) is 4.48. The first-order valence-electron chi connectivity index (χ1n) is 6.35. The van der Waals surface area contributed by atoms with Gasteiger partial charge in [-0.25, -0.2) is 0 Å². The molecule has 1 aromatic heterocycles. The highest BCUT2D eigenvalue weighted by Gasteiger charge is 2.11. The van der Waals surface area contributed by atoms with Crippen LogP contribution in [0, 0.1) is 0 Å². The average Bonchev–Trinajstić information content (AvgIpc) is 2.83. The summed E-state index contributed by atoms with van der Waals surface area (Å²) in [7, 11) is 0. The molecule has 1 aliphatic rings. The molecule has 0 saturated heterocycles. The normalized spacial score (nSPS) is 17.8. The molecular weight excluding hydrogens is 234 g/mol. The Morgan fingerprint density at radius 1 is 1.31 bits per heavy atom. The van der Waals surface area contributed by atoms with Crippen molar-refractivity contribution in [2.24, 2.45) is 0 Å². The molecule has 1 saturated carbocycles. The van der Waals surface area contributed by atoms with Crippen molar-refractivity contribution in [2.45, 2.75) is 48.8 Å². The van der Waals surface area contributed by atoms with Crippen LogP contribution in [0.2, 0.25) is 0 Å². The fourth-order valence-corrected chi connectivity index (χ4v) is 4.01. The van der Waals surface area contributed by atoms with Gasteiger partial charge in [-0.2, -0.15) is 0 Å². The van der Waals surface area contributed by atoms with E-state index in [4.69, 9.17) is 0 Å². The average molecular weight is 255 g/mol. The predicted molar refractivity (Wildman–Crippen MR) is 74.5 cm³/mol. The molecule has 16 heavy (non-hydrogen) atoms. The molecule has 1 heterocycles. The molecule has 1 aromatic rings. The highest BCUT2D eigenvalue weighted by atomic mass is 32.2. The monoisotopic (exact) mass is 255 g/mol. The van der Waals surface area contributed by atoms with Gasteiger partial charge in [0.25, 0.3) is 0 Å². The van der Waals surface area contributed by atoms with E-state index in [9.17, 15) is 0 Å². The molecule has 1 nitrogen and oxygen atoms in total. The number of rotatable bonds is 6. The Bertz CT molecular complexity index is 265. The Balaban J connectivity index is 1.48. The quantitative estimate of drug-likeness (QED) is 0.605. The van der Waals surface area contributed by atoms with Gasteiger partial charge < -0.3 is 5.32 Å². The lowest BCUT2D eigenvalue weighted by Gasteiger charge is -2.22. The second-order valence-corrected chi connectivity index (χ2v) is 6.77. The zero-order valence-electron chi connectivity index (χ0n) is 9.78. The van der Waals surface area contributed by atoms with Gasteiger partial charge in [-0.15, -0.1) is 23.1 Å². The molecule has 1 N–H and O–H groups in total. The van der Waals surface area contributed by atoms with Crippen molar-refractivity contribution in [1.82, 2.24) is 5.32 Å². The largest absolute Gasteiger partial charge is 0.314 e. The van der Waals surface area contributed by atoms with Crippen molar-refractivity contribution in [3.05, 3.63) is 17.5 Å². The van der Waals surface area contributed by atoms with E-state index < -0.39 is 0 Å². The van der Waals surface area contributed by atoms with E-state index >= 15 is 0 Å². The number of nitrogens with one attached hydrogen (secondary N) is 1. The van der Waals surface area contributed by atoms with Crippen LogP contribution < -0.4 is 5.32 Å². The van der Waals surface area contributed by atoms with E-state index in [0.717, 1.165) is 6.04 Å². The van der Waals surface area contributed by atoms with Crippen LogP contribution in [-0.4, -0.2) is 18.3 Å². The van der Waals surface area contributed by atoms with Crippen LogP contribution >= 0.6 is 23.1 Å². The zero-order valence-corrected chi connectivity index (χ0v) is 11.4. The molecule has 1 aliphatic carbocycles. The lowest BCUT2D eigenvalue weighted by molar-refractivity contribution is 0.375. The Kier molecular flexibility index (Phi) is 5.73. The maximum absolute atomic E-state index is 3.69. The second kappa shape index (κ2) is 7.36. The zero-order chi connectivity index (χ0) is 11.1. The van der Waals surface area contributed by atoms with Crippen LogP contribution in [0.1, 0.15) is 38.5 Å². The molecule has 0 amide bonds. The molecule has 0 aliphatic heterocycles. The standard InChI is InChI=1S/C13H21NS2/c1-2-6-12(7-3-1)14-9-5-11-16-13-8-4-10-15-13/h4,8,10,12,14H,1-3,5-7,9,11H2. The first-order chi connectivity index (χ1) is 7.95. The van der Waals surface area contributed by atoms with Gasteiger partial charge >= 0.3 is 0 Å². The van der Waals surface area contributed by atoms with Crippen molar-refractivity contribution in [3.8, 4) is 0 Å². The summed E-state index contributed by atoms with van der Waals surface area (Å²) >= 11 is 3.84. The molecule has 2 rings (SSSR count). The lowest BCUT2D eigenvalue weighted by Crippen LogP contribution is -2.31. The summed E-state index contributed by atoms with van der Waals surface area (Å²) in [6, 6.07) is 5.16. The van der Waals surface area contributed by atoms with Gasteiger partial charge in [0, 0.05) is 6.04 Å². The molecule has 0 spiro atoms. The molecule has 0 radical (unpaired) electrons. The molecule has 0 bridgehead atoms. The lowest BCUT2D eigenvalue weighted by atomic mass is 9.95. The van der Waals surface area contributed by atoms with E-state index in [1.807, 2.05) is 23.1 Å². The summed E-state index contributed by atoms with van der Waals surface area (Å²) in [6.45, 7) is 1.20. The van der Waals surface area contributed by atoms with Crippen LogP contribution in [0.5, 0.6) is 0 Å². The van der Waals surface area contributed by atoms with E-state index in [-0.39, 0.29) is 0 Å². The maximum Gasteiger partial charge on any atom is 0.0598 e. The van der Waals surface area contributed by atoms with Crippen molar-refractivity contribution in [2.75, 3.05) is 12.3 Å². The van der Waals surface area contributed by atoms with Gasteiger partial charge in [-0.05, 0) is 43.0 Å². The summed E-state index contributed by atoms with van der Waals surface area (Å²) in [5.41, 5.74) is 0. The number of hydrogen-bond acceptors (Lipinski definition) is 3. The van der Waals surface area contributed by atoms with Crippen LogP contribution in [0.3, 0.4) is 0 Å².